The van der Waals surface area contributed by atoms with E-state index in [9.17, 15) is 9.59 Å². The highest BCUT2D eigenvalue weighted by atomic mass is 32.1. The second kappa shape index (κ2) is 6.62. The third kappa shape index (κ3) is 3.36. The van der Waals surface area contributed by atoms with Crippen LogP contribution >= 0.6 is 12.6 Å². The molecule has 0 spiro atoms. The van der Waals surface area contributed by atoms with E-state index in [-0.39, 0.29) is 18.2 Å². The number of carbonyl (C=O) groups excluding carboxylic acids is 2. The number of methoxy groups -OCH3 is 1. The van der Waals surface area contributed by atoms with Crippen molar-refractivity contribution in [2.45, 2.75) is 12.6 Å². The van der Waals surface area contributed by atoms with E-state index in [4.69, 9.17) is 0 Å². The lowest BCUT2D eigenvalue weighted by atomic mass is 10.3. The first kappa shape index (κ1) is 15.4. The van der Waals surface area contributed by atoms with Crippen molar-refractivity contribution < 1.29 is 18.9 Å². The summed E-state index contributed by atoms with van der Waals surface area (Å²) in [5.74, 6) is -0.569. The van der Waals surface area contributed by atoms with Crippen LogP contribution in [-0.4, -0.2) is 35.3 Å². The van der Waals surface area contributed by atoms with Gasteiger partial charge in [0.2, 0.25) is 6.33 Å². The molecule has 0 bridgehead atoms. The van der Waals surface area contributed by atoms with Gasteiger partial charge in [-0.15, -0.1) is 0 Å². The SMILES string of the molecule is COC(=O)[C@H](CS)NC(=O)Cn1c[n+](C)c2ccccc21. The molecule has 1 aromatic heterocycles. The van der Waals surface area contributed by atoms with Gasteiger partial charge in [-0.25, -0.2) is 13.9 Å². The van der Waals surface area contributed by atoms with Crippen molar-refractivity contribution in [1.82, 2.24) is 9.88 Å². The molecule has 2 aromatic rings. The molecule has 112 valence electrons. The fraction of sp³-hybridized carbons (Fsp3) is 0.357. The summed E-state index contributed by atoms with van der Waals surface area (Å²) in [5.41, 5.74) is 1.99. The van der Waals surface area contributed by atoms with Gasteiger partial charge in [0.1, 0.15) is 6.04 Å². The number of aromatic nitrogens is 2. The first-order valence-electron chi connectivity index (χ1n) is 6.48. The number of benzene rings is 1. The number of hydrogen-bond acceptors (Lipinski definition) is 4. The highest BCUT2D eigenvalue weighted by Gasteiger charge is 2.22. The molecule has 0 saturated carbocycles. The Labute approximate surface area is 128 Å². The van der Waals surface area contributed by atoms with Crippen molar-refractivity contribution in [3.05, 3.63) is 30.6 Å². The minimum absolute atomic E-state index is 0.128. The van der Waals surface area contributed by atoms with E-state index in [1.807, 2.05) is 46.8 Å². The molecular weight excluding hydrogens is 290 g/mol. The van der Waals surface area contributed by atoms with Crippen molar-refractivity contribution >= 4 is 35.5 Å². The molecule has 1 amide bonds. The number of para-hydroxylation sites is 2. The highest BCUT2D eigenvalue weighted by Crippen LogP contribution is 2.09. The van der Waals surface area contributed by atoms with Crippen LogP contribution in [0.3, 0.4) is 0 Å². The predicted octanol–water partition coefficient (Wildman–Crippen LogP) is 0.0534. The van der Waals surface area contributed by atoms with Crippen LogP contribution in [0.15, 0.2) is 30.6 Å². The first-order chi connectivity index (χ1) is 10.1. The van der Waals surface area contributed by atoms with Gasteiger partial charge >= 0.3 is 5.97 Å². The van der Waals surface area contributed by atoms with Crippen LogP contribution < -0.4 is 9.88 Å². The van der Waals surface area contributed by atoms with E-state index in [0.29, 0.717) is 0 Å². The summed E-state index contributed by atoms with van der Waals surface area (Å²) in [4.78, 5) is 23.5. The van der Waals surface area contributed by atoms with E-state index in [1.54, 1.807) is 0 Å². The zero-order valence-corrected chi connectivity index (χ0v) is 12.8. The molecule has 0 saturated heterocycles. The minimum Gasteiger partial charge on any atom is -0.467 e. The Morgan fingerprint density at radius 3 is 2.81 bits per heavy atom. The van der Waals surface area contributed by atoms with Crippen LogP contribution in [0.25, 0.3) is 11.0 Å². The monoisotopic (exact) mass is 308 g/mol. The fourth-order valence-electron chi connectivity index (χ4n) is 2.18. The van der Waals surface area contributed by atoms with Gasteiger partial charge in [-0.05, 0) is 12.1 Å². The Hall–Kier alpha value is -2.02. The van der Waals surface area contributed by atoms with Crippen molar-refractivity contribution in [3.8, 4) is 0 Å². The van der Waals surface area contributed by atoms with Gasteiger partial charge in [-0.3, -0.25) is 4.79 Å². The maximum atomic E-state index is 12.1. The molecule has 7 heteroatoms. The normalized spacial score (nSPS) is 12.1. The Balaban J connectivity index is 2.13. The molecule has 6 nitrogen and oxygen atoms in total. The second-order valence-electron chi connectivity index (χ2n) is 4.67. The average Bonchev–Trinajstić information content (AvgIpc) is 2.81. The number of imidazole rings is 1. The predicted molar refractivity (Wildman–Crippen MR) is 80.9 cm³/mol. The molecule has 0 aliphatic rings. The second-order valence-corrected chi connectivity index (χ2v) is 5.03. The lowest BCUT2D eigenvalue weighted by molar-refractivity contribution is -0.645. The van der Waals surface area contributed by atoms with Crippen molar-refractivity contribution in [3.63, 3.8) is 0 Å². The van der Waals surface area contributed by atoms with Crippen LogP contribution in [0.4, 0.5) is 0 Å². The summed E-state index contributed by atoms with van der Waals surface area (Å²) in [6.45, 7) is 0.128. The number of ether oxygens (including phenoxy) is 1. The number of thiol groups is 1. The van der Waals surface area contributed by atoms with Gasteiger partial charge in [0.15, 0.2) is 17.6 Å². The summed E-state index contributed by atoms with van der Waals surface area (Å²) in [7, 11) is 3.20. The largest absolute Gasteiger partial charge is 0.467 e. The number of rotatable bonds is 5. The summed E-state index contributed by atoms with van der Waals surface area (Å²) in [5, 5.41) is 2.62. The summed E-state index contributed by atoms with van der Waals surface area (Å²) < 4.78 is 8.39. The first-order valence-corrected chi connectivity index (χ1v) is 7.11. The number of esters is 1. The number of hydrogen-bond donors (Lipinski definition) is 2. The number of fused-ring (bicyclic) bond motifs is 1. The number of nitrogens with zero attached hydrogens (tertiary/aromatic N) is 2. The number of amides is 1. The van der Waals surface area contributed by atoms with Gasteiger partial charge < -0.3 is 10.1 Å². The van der Waals surface area contributed by atoms with E-state index in [2.05, 4.69) is 22.7 Å². The lowest BCUT2D eigenvalue weighted by Gasteiger charge is -2.13. The molecule has 2 rings (SSSR count). The summed E-state index contributed by atoms with van der Waals surface area (Å²) in [6, 6.07) is 7.05. The van der Waals surface area contributed by atoms with Crippen LogP contribution in [0.5, 0.6) is 0 Å². The van der Waals surface area contributed by atoms with Gasteiger partial charge in [0.25, 0.3) is 5.91 Å². The Morgan fingerprint density at radius 2 is 2.14 bits per heavy atom. The number of aryl methyl sites for hydroxylation is 1. The molecule has 21 heavy (non-hydrogen) atoms. The van der Waals surface area contributed by atoms with Crippen LogP contribution in [0.1, 0.15) is 0 Å². The average molecular weight is 308 g/mol. The van der Waals surface area contributed by atoms with Crippen molar-refractivity contribution in [2.24, 2.45) is 7.05 Å². The van der Waals surface area contributed by atoms with E-state index in [0.717, 1.165) is 11.0 Å². The van der Waals surface area contributed by atoms with E-state index < -0.39 is 12.0 Å². The minimum atomic E-state index is -0.735. The molecule has 1 N–H and O–H groups in total. The molecule has 1 heterocycles. The number of carbonyl (C=O) groups is 2. The van der Waals surface area contributed by atoms with Crippen LogP contribution in [0, 0.1) is 0 Å². The van der Waals surface area contributed by atoms with Gasteiger partial charge in [-0.1, -0.05) is 12.1 Å². The molecule has 0 aliphatic heterocycles. The molecule has 1 aromatic carbocycles. The molecular formula is C14H18N3O3S+. The molecule has 0 fully saturated rings. The zero-order chi connectivity index (χ0) is 15.4. The smallest absolute Gasteiger partial charge is 0.329 e. The quantitative estimate of drug-likeness (QED) is 0.466. The summed E-state index contributed by atoms with van der Waals surface area (Å²) >= 11 is 4.05. The molecule has 0 unspecified atom stereocenters. The summed E-state index contributed by atoms with van der Waals surface area (Å²) in [6.07, 6.45) is 1.85. The highest BCUT2D eigenvalue weighted by molar-refractivity contribution is 7.80. The Kier molecular flexibility index (Phi) is 4.85. The van der Waals surface area contributed by atoms with Gasteiger partial charge in [-0.2, -0.15) is 12.6 Å². The third-order valence-electron chi connectivity index (χ3n) is 3.20. The number of nitrogens with one attached hydrogen (secondary N) is 1. The third-order valence-corrected chi connectivity index (χ3v) is 3.57. The van der Waals surface area contributed by atoms with Crippen LogP contribution in [-0.2, 0) is 27.9 Å². The lowest BCUT2D eigenvalue weighted by Crippen LogP contribution is -2.44. The maximum absolute atomic E-state index is 12.1. The standard InChI is InChI=1S/C14H17N3O3S/c1-16-9-17(12-6-4-3-5-11(12)16)7-13(18)15-10(8-21)14(19)20-2/h3-6,9-10H,7-8H2,1-2H3,(H-,15,18,21)/p+1/t10-/m0/s1. The topological polar surface area (TPSA) is 64.2 Å². The Bertz CT molecular complexity index is 669. The molecule has 1 atom stereocenters. The van der Waals surface area contributed by atoms with Crippen molar-refractivity contribution in [1.29, 1.82) is 0 Å². The molecule has 0 radical (unpaired) electrons. The van der Waals surface area contributed by atoms with Crippen molar-refractivity contribution in [2.75, 3.05) is 12.9 Å². The molecule has 0 aliphatic carbocycles. The maximum Gasteiger partial charge on any atom is 0.329 e. The van der Waals surface area contributed by atoms with E-state index >= 15 is 0 Å². The van der Waals surface area contributed by atoms with Crippen LogP contribution in [0.2, 0.25) is 0 Å². The Morgan fingerprint density at radius 1 is 1.43 bits per heavy atom. The zero-order valence-electron chi connectivity index (χ0n) is 11.9. The van der Waals surface area contributed by atoms with E-state index in [1.165, 1.54) is 7.11 Å². The van der Waals surface area contributed by atoms with Gasteiger partial charge in [0.05, 0.1) is 14.2 Å². The fourth-order valence-corrected chi connectivity index (χ4v) is 2.42. The van der Waals surface area contributed by atoms with Gasteiger partial charge in [0, 0.05) is 5.75 Å².